The van der Waals surface area contributed by atoms with E-state index in [1.165, 1.54) is 0 Å². The molecule has 0 spiro atoms. The standard InChI is InChI=1S/C18H20N4O2/c1-12-16-10-14(11-19-18(16)22(2)21-12)20-17(23)9-6-13-4-7-15(24-3)8-5-13/h4-5,7-8,10-11H,6,9H2,1-3H3,(H,20,23). The van der Waals surface area contributed by atoms with E-state index >= 15 is 0 Å². The molecule has 0 aliphatic rings. The fraction of sp³-hybridized carbons (Fsp3) is 0.278. The minimum Gasteiger partial charge on any atom is -0.497 e. The molecule has 0 saturated carbocycles. The maximum atomic E-state index is 12.2. The number of aryl methyl sites for hydroxylation is 3. The molecule has 0 atom stereocenters. The molecule has 6 heteroatoms. The summed E-state index contributed by atoms with van der Waals surface area (Å²) in [6, 6.07) is 9.65. The van der Waals surface area contributed by atoms with Crippen LogP contribution < -0.4 is 10.1 Å². The van der Waals surface area contributed by atoms with E-state index < -0.39 is 0 Å². The highest BCUT2D eigenvalue weighted by Gasteiger charge is 2.09. The molecular weight excluding hydrogens is 304 g/mol. The van der Waals surface area contributed by atoms with Gasteiger partial charge in [-0.3, -0.25) is 9.48 Å². The summed E-state index contributed by atoms with van der Waals surface area (Å²) in [5, 5.41) is 8.18. The molecule has 3 rings (SSSR count). The number of methoxy groups -OCH3 is 1. The normalized spacial score (nSPS) is 10.8. The monoisotopic (exact) mass is 324 g/mol. The Kier molecular flexibility index (Phi) is 4.46. The Labute approximate surface area is 140 Å². The van der Waals surface area contributed by atoms with Crippen LogP contribution in [0.5, 0.6) is 5.75 Å². The largest absolute Gasteiger partial charge is 0.497 e. The van der Waals surface area contributed by atoms with Crippen LogP contribution in [0.1, 0.15) is 17.7 Å². The van der Waals surface area contributed by atoms with Gasteiger partial charge in [0.2, 0.25) is 5.91 Å². The van der Waals surface area contributed by atoms with Gasteiger partial charge in [0.25, 0.3) is 0 Å². The highest BCUT2D eigenvalue weighted by Crippen LogP contribution is 2.19. The van der Waals surface area contributed by atoms with Crippen LogP contribution in [-0.4, -0.2) is 27.8 Å². The lowest BCUT2D eigenvalue weighted by Gasteiger charge is -2.06. The van der Waals surface area contributed by atoms with E-state index in [-0.39, 0.29) is 5.91 Å². The molecule has 124 valence electrons. The molecule has 0 saturated heterocycles. The molecule has 0 fully saturated rings. The van der Waals surface area contributed by atoms with Gasteiger partial charge in [-0.2, -0.15) is 5.10 Å². The van der Waals surface area contributed by atoms with Gasteiger partial charge in [-0.1, -0.05) is 12.1 Å². The van der Waals surface area contributed by atoms with Gasteiger partial charge in [-0.15, -0.1) is 0 Å². The fourth-order valence-corrected chi connectivity index (χ4v) is 2.65. The average molecular weight is 324 g/mol. The second-order valence-corrected chi connectivity index (χ2v) is 5.70. The van der Waals surface area contributed by atoms with Crippen molar-refractivity contribution >= 4 is 22.6 Å². The number of hydrogen-bond donors (Lipinski definition) is 1. The van der Waals surface area contributed by atoms with Crippen LogP contribution in [0.25, 0.3) is 11.0 Å². The molecule has 0 bridgehead atoms. The predicted octanol–water partition coefficient (Wildman–Crippen LogP) is 2.86. The van der Waals surface area contributed by atoms with Crippen LogP contribution in [0.15, 0.2) is 36.5 Å². The van der Waals surface area contributed by atoms with Gasteiger partial charge in [-0.25, -0.2) is 4.98 Å². The lowest BCUT2D eigenvalue weighted by molar-refractivity contribution is -0.116. The summed E-state index contributed by atoms with van der Waals surface area (Å²) in [7, 11) is 3.49. The van der Waals surface area contributed by atoms with Crippen LogP contribution >= 0.6 is 0 Å². The minimum absolute atomic E-state index is 0.0338. The number of ether oxygens (including phenoxy) is 1. The molecule has 24 heavy (non-hydrogen) atoms. The van der Waals surface area contributed by atoms with Gasteiger partial charge >= 0.3 is 0 Å². The van der Waals surface area contributed by atoms with Gasteiger partial charge in [-0.05, 0) is 37.1 Å². The number of nitrogens with zero attached hydrogens (tertiary/aromatic N) is 3. The number of carbonyl (C=O) groups is 1. The second-order valence-electron chi connectivity index (χ2n) is 5.70. The number of benzene rings is 1. The van der Waals surface area contributed by atoms with Crippen molar-refractivity contribution in [1.82, 2.24) is 14.8 Å². The summed E-state index contributed by atoms with van der Waals surface area (Å²) >= 11 is 0. The smallest absolute Gasteiger partial charge is 0.224 e. The number of pyridine rings is 1. The van der Waals surface area contributed by atoms with Crippen LogP contribution in [0, 0.1) is 6.92 Å². The first kappa shape index (κ1) is 16.0. The van der Waals surface area contributed by atoms with Crippen molar-refractivity contribution in [2.24, 2.45) is 7.05 Å². The number of aromatic nitrogens is 3. The molecule has 1 N–H and O–H groups in total. The van der Waals surface area contributed by atoms with E-state index in [4.69, 9.17) is 4.74 Å². The van der Waals surface area contributed by atoms with Gasteiger partial charge in [0.05, 0.1) is 24.7 Å². The highest BCUT2D eigenvalue weighted by atomic mass is 16.5. The number of nitrogens with one attached hydrogen (secondary N) is 1. The Morgan fingerprint density at radius 1 is 1.29 bits per heavy atom. The number of carbonyl (C=O) groups excluding carboxylic acids is 1. The summed E-state index contributed by atoms with van der Waals surface area (Å²) < 4.78 is 6.86. The van der Waals surface area contributed by atoms with E-state index in [1.807, 2.05) is 44.3 Å². The number of rotatable bonds is 5. The van der Waals surface area contributed by atoms with Crippen molar-refractivity contribution in [3.63, 3.8) is 0 Å². The van der Waals surface area contributed by atoms with Crippen molar-refractivity contribution in [3.05, 3.63) is 47.8 Å². The first-order chi connectivity index (χ1) is 11.6. The molecule has 0 unspecified atom stereocenters. The average Bonchev–Trinajstić information content (AvgIpc) is 2.87. The summed E-state index contributed by atoms with van der Waals surface area (Å²) in [5.74, 6) is 0.780. The first-order valence-electron chi connectivity index (χ1n) is 7.79. The Hall–Kier alpha value is -2.89. The summed E-state index contributed by atoms with van der Waals surface area (Å²) in [4.78, 5) is 16.5. The quantitative estimate of drug-likeness (QED) is 0.783. The van der Waals surface area contributed by atoms with Crippen LogP contribution in [0.4, 0.5) is 5.69 Å². The molecule has 0 aliphatic carbocycles. The molecule has 1 amide bonds. The third-order valence-electron chi connectivity index (χ3n) is 3.95. The SMILES string of the molecule is COc1ccc(CCC(=O)Nc2cnc3c(c2)c(C)nn3C)cc1. The Morgan fingerprint density at radius 3 is 2.75 bits per heavy atom. The van der Waals surface area contributed by atoms with Crippen LogP contribution in [-0.2, 0) is 18.3 Å². The fourth-order valence-electron chi connectivity index (χ4n) is 2.65. The van der Waals surface area contributed by atoms with E-state index in [9.17, 15) is 4.79 Å². The Morgan fingerprint density at radius 2 is 2.04 bits per heavy atom. The van der Waals surface area contributed by atoms with E-state index in [0.717, 1.165) is 28.0 Å². The maximum Gasteiger partial charge on any atom is 0.224 e. The third-order valence-corrected chi connectivity index (χ3v) is 3.95. The number of anilines is 1. The van der Waals surface area contributed by atoms with E-state index in [2.05, 4.69) is 15.4 Å². The second kappa shape index (κ2) is 6.70. The zero-order chi connectivity index (χ0) is 17.1. The molecule has 6 nitrogen and oxygen atoms in total. The number of hydrogen-bond acceptors (Lipinski definition) is 4. The third kappa shape index (κ3) is 3.37. The topological polar surface area (TPSA) is 69.0 Å². The van der Waals surface area contributed by atoms with Crippen LogP contribution in [0.2, 0.25) is 0 Å². The zero-order valence-electron chi connectivity index (χ0n) is 14.0. The minimum atomic E-state index is -0.0338. The Bertz CT molecular complexity index is 869. The van der Waals surface area contributed by atoms with Crippen molar-refractivity contribution < 1.29 is 9.53 Å². The number of amides is 1. The molecule has 1 aromatic carbocycles. The lowest BCUT2D eigenvalue weighted by atomic mass is 10.1. The highest BCUT2D eigenvalue weighted by molar-refractivity contribution is 5.93. The van der Waals surface area contributed by atoms with E-state index in [0.29, 0.717) is 18.5 Å². The number of fused-ring (bicyclic) bond motifs is 1. The van der Waals surface area contributed by atoms with Gasteiger partial charge in [0, 0.05) is 18.9 Å². The van der Waals surface area contributed by atoms with Crippen molar-refractivity contribution in [1.29, 1.82) is 0 Å². The van der Waals surface area contributed by atoms with Gasteiger partial charge < -0.3 is 10.1 Å². The molecule has 2 aromatic heterocycles. The van der Waals surface area contributed by atoms with Crippen molar-refractivity contribution in [3.8, 4) is 5.75 Å². The maximum absolute atomic E-state index is 12.2. The predicted molar refractivity (Wildman–Crippen MR) is 93.2 cm³/mol. The molecule has 3 aromatic rings. The molecule has 0 radical (unpaired) electrons. The summed E-state index contributed by atoms with van der Waals surface area (Å²) in [5.41, 5.74) is 3.50. The van der Waals surface area contributed by atoms with E-state index in [1.54, 1.807) is 18.0 Å². The van der Waals surface area contributed by atoms with Crippen molar-refractivity contribution in [2.75, 3.05) is 12.4 Å². The zero-order valence-corrected chi connectivity index (χ0v) is 14.0. The lowest BCUT2D eigenvalue weighted by Crippen LogP contribution is -2.12. The van der Waals surface area contributed by atoms with Crippen molar-refractivity contribution in [2.45, 2.75) is 19.8 Å². The molecular formula is C18H20N4O2. The van der Waals surface area contributed by atoms with Crippen LogP contribution in [0.3, 0.4) is 0 Å². The van der Waals surface area contributed by atoms with Gasteiger partial charge in [0.15, 0.2) is 5.65 Å². The molecule has 2 heterocycles. The van der Waals surface area contributed by atoms with Gasteiger partial charge in [0.1, 0.15) is 5.75 Å². The summed E-state index contributed by atoms with van der Waals surface area (Å²) in [6.07, 6.45) is 2.75. The summed E-state index contributed by atoms with van der Waals surface area (Å²) in [6.45, 7) is 1.93. The first-order valence-corrected chi connectivity index (χ1v) is 7.79. The molecule has 0 aliphatic heterocycles. The Balaban J connectivity index is 1.62.